The first kappa shape index (κ1) is 13.1. The van der Waals surface area contributed by atoms with Crippen LogP contribution >= 0.6 is 12.2 Å². The van der Waals surface area contributed by atoms with Crippen LogP contribution in [0.5, 0.6) is 0 Å². The lowest BCUT2D eigenvalue weighted by atomic mass is 9.96. The van der Waals surface area contributed by atoms with Gasteiger partial charge in [0, 0.05) is 24.7 Å². The third-order valence-corrected chi connectivity index (χ3v) is 3.90. The van der Waals surface area contributed by atoms with Gasteiger partial charge in [-0.1, -0.05) is 12.2 Å². The largest absolute Gasteiger partial charge is 0.384 e. The fourth-order valence-corrected chi connectivity index (χ4v) is 3.03. The summed E-state index contributed by atoms with van der Waals surface area (Å²) >= 11 is 5.55. The minimum Gasteiger partial charge on any atom is -0.384 e. The Hall–Kier alpha value is -1.38. The first-order chi connectivity index (χ1) is 8.47. The van der Waals surface area contributed by atoms with Crippen LogP contribution in [-0.4, -0.2) is 23.1 Å². The number of nitrogens with zero attached hydrogens (tertiary/aromatic N) is 3. The Morgan fingerprint density at radius 3 is 2.61 bits per heavy atom. The van der Waals surface area contributed by atoms with Crippen molar-refractivity contribution in [2.24, 2.45) is 0 Å². The molecule has 5 heteroatoms. The quantitative estimate of drug-likeness (QED) is 0.789. The number of aromatic nitrogens is 1. The maximum Gasteiger partial charge on any atom is 0.123 e. The van der Waals surface area contributed by atoms with Crippen LogP contribution in [0.4, 0.5) is 5.82 Å². The summed E-state index contributed by atoms with van der Waals surface area (Å²) in [6, 6.07) is 2.42. The highest BCUT2D eigenvalue weighted by Crippen LogP contribution is 2.29. The Morgan fingerprint density at radius 2 is 2.06 bits per heavy atom. The van der Waals surface area contributed by atoms with E-state index in [1.807, 2.05) is 18.4 Å². The lowest BCUT2D eigenvalue weighted by Crippen LogP contribution is -2.29. The predicted molar refractivity (Wildman–Crippen MR) is 74.8 cm³/mol. The van der Waals surface area contributed by atoms with E-state index in [-0.39, 0.29) is 6.04 Å². The molecule has 0 spiro atoms. The molecule has 0 saturated carbocycles. The standard InChI is InChI=1S/C13H18N4S/c1-8(2)17-12(15)10(6-14)9-4-5-16(3)7-11(9)13(17)18/h8H,4-5,7,15H2,1-3H3. The van der Waals surface area contributed by atoms with E-state index in [1.54, 1.807) is 0 Å². The second kappa shape index (κ2) is 4.71. The maximum atomic E-state index is 9.35. The van der Waals surface area contributed by atoms with Crippen LogP contribution in [0.2, 0.25) is 0 Å². The van der Waals surface area contributed by atoms with Crippen molar-refractivity contribution in [3.05, 3.63) is 21.3 Å². The van der Waals surface area contributed by atoms with Gasteiger partial charge in [0.15, 0.2) is 0 Å². The van der Waals surface area contributed by atoms with Crippen LogP contribution < -0.4 is 5.73 Å². The van der Waals surface area contributed by atoms with E-state index in [2.05, 4.69) is 18.0 Å². The Balaban J connectivity index is 2.80. The van der Waals surface area contributed by atoms with Crippen LogP contribution in [0, 0.1) is 16.0 Å². The number of likely N-dealkylation sites (N-methyl/N-ethyl adjacent to an activating group) is 1. The number of pyridine rings is 1. The zero-order chi connectivity index (χ0) is 13.4. The summed E-state index contributed by atoms with van der Waals surface area (Å²) in [6.07, 6.45) is 0.849. The van der Waals surface area contributed by atoms with Crippen molar-refractivity contribution in [1.29, 1.82) is 5.26 Å². The second-order valence-corrected chi connectivity index (χ2v) is 5.47. The summed E-state index contributed by atoms with van der Waals surface area (Å²) in [7, 11) is 2.07. The monoisotopic (exact) mass is 262 g/mol. The first-order valence-corrected chi connectivity index (χ1v) is 6.52. The summed E-state index contributed by atoms with van der Waals surface area (Å²) < 4.78 is 2.68. The van der Waals surface area contributed by atoms with Gasteiger partial charge in [0.1, 0.15) is 16.5 Å². The Bertz CT molecular complexity index is 580. The van der Waals surface area contributed by atoms with E-state index in [0.29, 0.717) is 11.4 Å². The van der Waals surface area contributed by atoms with Crippen molar-refractivity contribution in [2.45, 2.75) is 32.9 Å². The molecular weight excluding hydrogens is 244 g/mol. The van der Waals surface area contributed by atoms with E-state index in [9.17, 15) is 5.26 Å². The van der Waals surface area contributed by atoms with Crippen molar-refractivity contribution in [3.8, 4) is 6.07 Å². The summed E-state index contributed by atoms with van der Waals surface area (Å²) in [6.45, 7) is 5.82. The fourth-order valence-electron chi connectivity index (χ4n) is 2.54. The Kier molecular flexibility index (Phi) is 3.42. The second-order valence-electron chi connectivity index (χ2n) is 5.09. The lowest BCUT2D eigenvalue weighted by molar-refractivity contribution is 0.310. The van der Waals surface area contributed by atoms with Gasteiger partial charge in [0.2, 0.25) is 0 Å². The van der Waals surface area contributed by atoms with Crippen molar-refractivity contribution in [3.63, 3.8) is 0 Å². The number of anilines is 1. The number of nitriles is 1. The minimum absolute atomic E-state index is 0.169. The Morgan fingerprint density at radius 1 is 1.39 bits per heavy atom. The number of hydrogen-bond donors (Lipinski definition) is 1. The zero-order valence-electron chi connectivity index (χ0n) is 11.0. The summed E-state index contributed by atoms with van der Waals surface area (Å²) in [5, 5.41) is 9.35. The van der Waals surface area contributed by atoms with Crippen LogP contribution in [0.1, 0.15) is 36.6 Å². The molecule has 0 radical (unpaired) electrons. The number of rotatable bonds is 1. The van der Waals surface area contributed by atoms with Crippen molar-refractivity contribution < 1.29 is 0 Å². The van der Waals surface area contributed by atoms with E-state index < -0.39 is 0 Å². The average Bonchev–Trinajstić information content (AvgIpc) is 2.30. The maximum absolute atomic E-state index is 9.35. The lowest BCUT2D eigenvalue weighted by Gasteiger charge is -2.29. The summed E-state index contributed by atoms with van der Waals surface area (Å²) in [4.78, 5) is 2.22. The van der Waals surface area contributed by atoms with Crippen molar-refractivity contribution in [2.75, 3.05) is 19.3 Å². The zero-order valence-corrected chi connectivity index (χ0v) is 11.8. The molecule has 2 heterocycles. The van der Waals surface area contributed by atoms with Gasteiger partial charge in [0.25, 0.3) is 0 Å². The molecule has 1 aliphatic heterocycles. The van der Waals surface area contributed by atoms with Crippen LogP contribution in [0.25, 0.3) is 0 Å². The molecule has 2 N–H and O–H groups in total. The summed E-state index contributed by atoms with van der Waals surface area (Å²) in [5.74, 6) is 0.515. The molecule has 0 bridgehead atoms. The highest BCUT2D eigenvalue weighted by molar-refractivity contribution is 7.71. The van der Waals surface area contributed by atoms with Gasteiger partial charge >= 0.3 is 0 Å². The Labute approximate surface area is 113 Å². The first-order valence-electron chi connectivity index (χ1n) is 6.11. The molecule has 0 saturated heterocycles. The van der Waals surface area contributed by atoms with Gasteiger partial charge in [-0.15, -0.1) is 0 Å². The third kappa shape index (κ3) is 1.92. The van der Waals surface area contributed by atoms with Crippen LogP contribution in [0.15, 0.2) is 0 Å². The van der Waals surface area contributed by atoms with Crippen LogP contribution in [-0.2, 0) is 13.0 Å². The number of fused-ring (bicyclic) bond motifs is 1. The number of nitrogens with two attached hydrogens (primary N) is 1. The van der Waals surface area contributed by atoms with E-state index in [4.69, 9.17) is 18.0 Å². The molecule has 18 heavy (non-hydrogen) atoms. The molecule has 0 amide bonds. The molecule has 1 aromatic heterocycles. The molecular formula is C13H18N4S. The molecule has 0 aliphatic carbocycles. The third-order valence-electron chi connectivity index (χ3n) is 3.46. The van der Waals surface area contributed by atoms with Gasteiger partial charge in [-0.3, -0.25) is 0 Å². The molecule has 1 aliphatic rings. The van der Waals surface area contributed by atoms with E-state index >= 15 is 0 Å². The van der Waals surface area contributed by atoms with Gasteiger partial charge in [-0.05, 0) is 32.9 Å². The topological polar surface area (TPSA) is 58.0 Å². The highest BCUT2D eigenvalue weighted by atomic mass is 32.1. The molecule has 4 nitrogen and oxygen atoms in total. The van der Waals surface area contributed by atoms with Gasteiger partial charge < -0.3 is 15.2 Å². The average molecular weight is 262 g/mol. The van der Waals surface area contributed by atoms with E-state index in [1.165, 1.54) is 0 Å². The minimum atomic E-state index is 0.169. The molecule has 2 rings (SSSR count). The molecule has 96 valence electrons. The van der Waals surface area contributed by atoms with Crippen molar-refractivity contribution >= 4 is 18.0 Å². The van der Waals surface area contributed by atoms with E-state index in [0.717, 1.165) is 35.3 Å². The molecule has 1 aromatic rings. The fraction of sp³-hybridized carbons (Fsp3) is 0.538. The smallest absolute Gasteiger partial charge is 0.123 e. The van der Waals surface area contributed by atoms with Gasteiger partial charge in [-0.25, -0.2) is 0 Å². The molecule has 0 unspecified atom stereocenters. The van der Waals surface area contributed by atoms with Crippen LogP contribution in [0.3, 0.4) is 0 Å². The van der Waals surface area contributed by atoms with Crippen molar-refractivity contribution in [1.82, 2.24) is 9.47 Å². The summed E-state index contributed by atoms with van der Waals surface area (Å²) in [5.41, 5.74) is 8.87. The molecule has 0 atom stereocenters. The predicted octanol–water partition coefficient (Wildman–Crippen LogP) is 2.24. The van der Waals surface area contributed by atoms with Gasteiger partial charge in [-0.2, -0.15) is 5.26 Å². The van der Waals surface area contributed by atoms with Gasteiger partial charge in [0.05, 0.1) is 5.56 Å². The number of hydrogen-bond acceptors (Lipinski definition) is 4. The normalized spacial score (nSPS) is 15.5. The SMILES string of the molecule is CC(C)n1c(N)c(C#N)c2c(c1=S)CN(C)CC2. The molecule has 0 aromatic carbocycles. The highest BCUT2D eigenvalue weighted by Gasteiger charge is 2.23. The number of nitrogen functional groups attached to an aromatic ring is 1. The molecule has 0 fully saturated rings.